The van der Waals surface area contributed by atoms with E-state index in [4.69, 9.17) is 10.5 Å². The molecule has 2 aromatic rings. The summed E-state index contributed by atoms with van der Waals surface area (Å²) in [6, 6.07) is 14.9. The van der Waals surface area contributed by atoms with E-state index in [1.54, 1.807) is 0 Å². The maximum absolute atomic E-state index is 6.11. The van der Waals surface area contributed by atoms with Crippen LogP contribution in [0.25, 0.3) is 0 Å². The summed E-state index contributed by atoms with van der Waals surface area (Å²) in [7, 11) is 0. The Balaban J connectivity index is 2.06. The lowest BCUT2D eigenvalue weighted by molar-refractivity contribution is 0.0660. The number of ether oxygens (including phenoxy) is 1. The quantitative estimate of drug-likeness (QED) is 0.830. The topological polar surface area (TPSA) is 35.2 Å². The van der Waals surface area contributed by atoms with Crippen LogP contribution in [-0.4, -0.2) is 6.10 Å². The van der Waals surface area contributed by atoms with Crippen LogP contribution < -0.4 is 5.73 Å². The number of rotatable bonds is 5. The molecule has 2 heteroatoms. The molecule has 0 aliphatic carbocycles. The third kappa shape index (κ3) is 4.10. The molecule has 0 spiro atoms. The predicted molar refractivity (Wildman–Crippen MR) is 84.8 cm³/mol. The van der Waals surface area contributed by atoms with Crippen molar-refractivity contribution in [3.63, 3.8) is 0 Å². The molecule has 0 unspecified atom stereocenters. The number of hydrogen-bond acceptors (Lipinski definition) is 2. The van der Waals surface area contributed by atoms with Gasteiger partial charge in [-0.15, -0.1) is 0 Å². The van der Waals surface area contributed by atoms with Crippen molar-refractivity contribution in [1.29, 1.82) is 0 Å². The highest BCUT2D eigenvalue weighted by Gasteiger charge is 2.04. The van der Waals surface area contributed by atoms with Gasteiger partial charge < -0.3 is 10.5 Å². The fourth-order valence-corrected chi connectivity index (χ4v) is 2.08. The van der Waals surface area contributed by atoms with Crippen molar-refractivity contribution < 1.29 is 4.74 Å². The van der Waals surface area contributed by atoms with Gasteiger partial charge in [-0.05, 0) is 44.4 Å². The smallest absolute Gasteiger partial charge is 0.0740 e. The highest BCUT2D eigenvalue weighted by atomic mass is 16.5. The van der Waals surface area contributed by atoms with Gasteiger partial charge in [0.2, 0.25) is 0 Å². The highest BCUT2D eigenvalue weighted by molar-refractivity contribution is 5.49. The van der Waals surface area contributed by atoms with Gasteiger partial charge in [0.05, 0.1) is 12.7 Å². The van der Waals surface area contributed by atoms with Crippen LogP contribution in [0.3, 0.4) is 0 Å². The molecule has 0 fully saturated rings. The van der Waals surface area contributed by atoms with Gasteiger partial charge in [0.25, 0.3) is 0 Å². The zero-order valence-corrected chi connectivity index (χ0v) is 12.5. The lowest BCUT2D eigenvalue weighted by atomic mass is 10.0. The lowest BCUT2D eigenvalue weighted by Gasteiger charge is -2.11. The van der Waals surface area contributed by atoms with Crippen molar-refractivity contribution >= 4 is 5.69 Å². The lowest BCUT2D eigenvalue weighted by Crippen LogP contribution is -2.05. The second-order valence-corrected chi connectivity index (χ2v) is 5.56. The van der Waals surface area contributed by atoms with Crippen molar-refractivity contribution in [3.05, 3.63) is 64.7 Å². The Labute approximate surface area is 121 Å². The van der Waals surface area contributed by atoms with Crippen LogP contribution in [0, 0.1) is 6.92 Å². The molecule has 0 atom stereocenters. The molecule has 0 aliphatic rings. The maximum atomic E-state index is 6.11. The van der Waals surface area contributed by atoms with Gasteiger partial charge in [0, 0.05) is 11.3 Å². The van der Waals surface area contributed by atoms with E-state index in [1.165, 1.54) is 16.7 Å². The first-order valence-corrected chi connectivity index (χ1v) is 7.09. The van der Waals surface area contributed by atoms with Crippen LogP contribution in [0.1, 0.15) is 36.1 Å². The molecule has 2 aromatic carbocycles. The van der Waals surface area contributed by atoms with Gasteiger partial charge in [0.15, 0.2) is 0 Å². The fraction of sp³-hybridized carbons (Fsp3) is 0.333. The van der Waals surface area contributed by atoms with Crippen LogP contribution in [0.15, 0.2) is 42.5 Å². The first-order valence-electron chi connectivity index (χ1n) is 7.09. The minimum atomic E-state index is 0.224. The van der Waals surface area contributed by atoms with Crippen LogP contribution >= 0.6 is 0 Å². The summed E-state index contributed by atoms with van der Waals surface area (Å²) in [6.07, 6.45) is 1.14. The molecule has 0 saturated heterocycles. The fourth-order valence-electron chi connectivity index (χ4n) is 2.08. The van der Waals surface area contributed by atoms with E-state index in [-0.39, 0.29) is 6.10 Å². The van der Waals surface area contributed by atoms with Crippen molar-refractivity contribution in [2.24, 2.45) is 0 Å². The average Bonchev–Trinajstić information content (AvgIpc) is 2.40. The normalized spacial score (nSPS) is 11.0. The van der Waals surface area contributed by atoms with Crippen molar-refractivity contribution in [1.82, 2.24) is 0 Å². The van der Waals surface area contributed by atoms with Gasteiger partial charge in [-0.25, -0.2) is 0 Å². The van der Waals surface area contributed by atoms with Gasteiger partial charge in [-0.2, -0.15) is 0 Å². The largest absolute Gasteiger partial charge is 0.398 e. The SMILES string of the molecule is Cc1ccc(Cc2ccc(COC(C)C)c(N)c2)cc1. The van der Waals surface area contributed by atoms with Gasteiger partial charge >= 0.3 is 0 Å². The Morgan fingerprint density at radius 3 is 2.25 bits per heavy atom. The molecule has 0 aromatic heterocycles. The first kappa shape index (κ1) is 14.6. The number of nitrogens with two attached hydrogens (primary N) is 1. The van der Waals surface area contributed by atoms with E-state index in [1.807, 2.05) is 13.8 Å². The summed E-state index contributed by atoms with van der Waals surface area (Å²) >= 11 is 0. The Morgan fingerprint density at radius 2 is 1.65 bits per heavy atom. The van der Waals surface area contributed by atoms with Crippen molar-refractivity contribution in [3.8, 4) is 0 Å². The van der Waals surface area contributed by atoms with Crippen LogP contribution in [0.5, 0.6) is 0 Å². The average molecular weight is 269 g/mol. The number of aryl methyl sites for hydroxylation is 1. The number of nitrogen functional groups attached to an aromatic ring is 1. The third-order valence-electron chi connectivity index (χ3n) is 3.31. The van der Waals surface area contributed by atoms with Gasteiger partial charge in [0.1, 0.15) is 0 Å². The Kier molecular flexibility index (Phi) is 4.80. The van der Waals surface area contributed by atoms with Crippen LogP contribution in [-0.2, 0) is 17.8 Å². The Morgan fingerprint density at radius 1 is 1.00 bits per heavy atom. The number of anilines is 1. The zero-order chi connectivity index (χ0) is 14.5. The second-order valence-electron chi connectivity index (χ2n) is 5.56. The summed E-state index contributed by atoms with van der Waals surface area (Å²) in [5.41, 5.74) is 11.8. The molecule has 2 N–H and O–H groups in total. The zero-order valence-electron chi connectivity index (χ0n) is 12.5. The summed E-state index contributed by atoms with van der Waals surface area (Å²) in [5, 5.41) is 0. The Bertz CT molecular complexity index is 558. The molecule has 2 nitrogen and oxygen atoms in total. The molecular formula is C18H23NO. The molecule has 20 heavy (non-hydrogen) atoms. The van der Waals surface area contributed by atoms with E-state index in [0.29, 0.717) is 6.61 Å². The molecule has 2 rings (SSSR count). The van der Waals surface area contributed by atoms with Crippen LogP contribution in [0.2, 0.25) is 0 Å². The van der Waals surface area contributed by atoms with E-state index in [0.717, 1.165) is 17.7 Å². The summed E-state index contributed by atoms with van der Waals surface area (Å²) in [5.74, 6) is 0. The van der Waals surface area contributed by atoms with Crippen LogP contribution in [0.4, 0.5) is 5.69 Å². The van der Waals surface area contributed by atoms with Crippen molar-refractivity contribution in [2.45, 2.75) is 39.9 Å². The van der Waals surface area contributed by atoms with E-state index in [2.05, 4.69) is 49.4 Å². The molecular weight excluding hydrogens is 246 g/mol. The molecule has 106 valence electrons. The van der Waals surface area contributed by atoms with Crippen molar-refractivity contribution in [2.75, 3.05) is 5.73 Å². The standard InChI is InChI=1S/C18H23NO/c1-13(2)20-12-17-9-8-16(11-18(17)19)10-15-6-4-14(3)5-7-15/h4-9,11,13H,10,12,19H2,1-3H3. The molecule has 0 bridgehead atoms. The molecule has 0 aliphatic heterocycles. The second kappa shape index (κ2) is 6.58. The molecule has 0 amide bonds. The summed E-state index contributed by atoms with van der Waals surface area (Å²) < 4.78 is 5.60. The minimum Gasteiger partial charge on any atom is -0.398 e. The molecule has 0 radical (unpaired) electrons. The predicted octanol–water partition coefficient (Wildman–Crippen LogP) is 4.09. The maximum Gasteiger partial charge on any atom is 0.0740 e. The first-order chi connectivity index (χ1) is 9.54. The van der Waals surface area contributed by atoms with E-state index < -0.39 is 0 Å². The van der Waals surface area contributed by atoms with E-state index in [9.17, 15) is 0 Å². The highest BCUT2D eigenvalue weighted by Crippen LogP contribution is 2.18. The summed E-state index contributed by atoms with van der Waals surface area (Å²) in [6.45, 7) is 6.74. The molecule has 0 heterocycles. The van der Waals surface area contributed by atoms with E-state index >= 15 is 0 Å². The Hall–Kier alpha value is -1.80. The van der Waals surface area contributed by atoms with Gasteiger partial charge in [-0.3, -0.25) is 0 Å². The molecule has 0 saturated carbocycles. The minimum absolute atomic E-state index is 0.224. The van der Waals surface area contributed by atoms with Gasteiger partial charge in [-0.1, -0.05) is 42.0 Å². The summed E-state index contributed by atoms with van der Waals surface area (Å²) in [4.78, 5) is 0. The number of hydrogen-bond donors (Lipinski definition) is 1. The third-order valence-corrected chi connectivity index (χ3v) is 3.31. The monoisotopic (exact) mass is 269 g/mol. The number of benzene rings is 2.